The summed E-state index contributed by atoms with van der Waals surface area (Å²) in [5, 5.41) is 14.5. The third-order valence-electron chi connectivity index (χ3n) is 5.29. The van der Waals surface area contributed by atoms with Crippen molar-refractivity contribution >= 4 is 22.4 Å². The number of nitro benzene ring substituents is 1. The molecule has 2 unspecified atom stereocenters. The van der Waals surface area contributed by atoms with Crippen molar-refractivity contribution in [2.75, 3.05) is 26.7 Å². The van der Waals surface area contributed by atoms with Gasteiger partial charge in [0.15, 0.2) is 0 Å². The summed E-state index contributed by atoms with van der Waals surface area (Å²) in [5.41, 5.74) is -0.161. The Hall–Kier alpha value is -2.78. The number of rotatable bonds is 8. The Labute approximate surface area is 177 Å². The lowest BCUT2D eigenvalue weighted by Gasteiger charge is -2.22. The number of hydrogen-bond acceptors (Lipinski definition) is 6. The largest absolute Gasteiger partial charge is 0.497 e. The van der Waals surface area contributed by atoms with E-state index in [-0.39, 0.29) is 28.1 Å². The lowest BCUT2D eigenvalue weighted by molar-refractivity contribution is -0.387. The minimum atomic E-state index is -1.76. The molecule has 1 aliphatic rings. The molecule has 30 heavy (non-hydrogen) atoms. The summed E-state index contributed by atoms with van der Waals surface area (Å²) in [4.78, 5) is 26.3. The molecule has 2 aromatic carbocycles. The second-order valence-corrected chi connectivity index (χ2v) is 8.47. The normalized spacial score (nSPS) is 17.5. The highest BCUT2D eigenvalue weighted by atomic mass is 32.2. The number of likely N-dealkylation sites (tertiary alicyclic amines) is 1. The van der Waals surface area contributed by atoms with Crippen LogP contribution in [0.5, 0.6) is 5.75 Å². The minimum absolute atomic E-state index is 0.0506. The van der Waals surface area contributed by atoms with Crippen LogP contribution in [0.15, 0.2) is 52.3 Å². The van der Waals surface area contributed by atoms with E-state index in [1.165, 1.54) is 25.3 Å². The molecule has 1 saturated heterocycles. The number of nitro groups is 1. The van der Waals surface area contributed by atoms with Gasteiger partial charge in [-0.05, 0) is 62.3 Å². The van der Waals surface area contributed by atoms with E-state index in [1.54, 1.807) is 24.3 Å². The highest BCUT2D eigenvalue weighted by Gasteiger charge is 2.25. The molecular formula is C21H25N3O5S. The molecule has 0 aromatic heterocycles. The zero-order valence-electron chi connectivity index (χ0n) is 17.0. The van der Waals surface area contributed by atoms with Gasteiger partial charge in [-0.3, -0.25) is 19.8 Å². The molecule has 0 radical (unpaired) electrons. The summed E-state index contributed by atoms with van der Waals surface area (Å²) in [6.45, 7) is 4.54. The van der Waals surface area contributed by atoms with E-state index < -0.39 is 15.7 Å². The smallest absolute Gasteiger partial charge is 0.286 e. The topological polar surface area (TPSA) is 102 Å². The molecule has 2 atom stereocenters. The number of ether oxygens (including phenoxy) is 1. The third-order valence-corrected chi connectivity index (χ3v) is 6.74. The van der Waals surface area contributed by atoms with Crippen molar-refractivity contribution < 1.29 is 18.7 Å². The van der Waals surface area contributed by atoms with E-state index in [2.05, 4.69) is 17.1 Å². The average molecular weight is 432 g/mol. The fourth-order valence-corrected chi connectivity index (χ4v) is 4.79. The van der Waals surface area contributed by atoms with Crippen LogP contribution in [0.1, 0.15) is 30.1 Å². The predicted molar refractivity (Wildman–Crippen MR) is 113 cm³/mol. The Morgan fingerprint density at radius 1 is 1.30 bits per heavy atom. The first-order valence-corrected chi connectivity index (χ1v) is 11.0. The van der Waals surface area contributed by atoms with Crippen LogP contribution in [0.2, 0.25) is 0 Å². The van der Waals surface area contributed by atoms with Crippen molar-refractivity contribution in [3.63, 3.8) is 0 Å². The van der Waals surface area contributed by atoms with Gasteiger partial charge in [-0.25, -0.2) is 4.21 Å². The van der Waals surface area contributed by atoms with E-state index in [4.69, 9.17) is 4.74 Å². The van der Waals surface area contributed by atoms with Gasteiger partial charge in [-0.1, -0.05) is 6.92 Å². The maximum atomic E-state index is 12.9. The summed E-state index contributed by atoms with van der Waals surface area (Å²) in [7, 11) is -0.237. The Morgan fingerprint density at radius 3 is 2.67 bits per heavy atom. The van der Waals surface area contributed by atoms with Crippen LogP contribution >= 0.6 is 0 Å². The van der Waals surface area contributed by atoms with Crippen molar-refractivity contribution in [1.82, 2.24) is 10.2 Å². The number of benzene rings is 2. The van der Waals surface area contributed by atoms with Gasteiger partial charge in [0.25, 0.3) is 11.6 Å². The first-order valence-electron chi connectivity index (χ1n) is 9.81. The lowest BCUT2D eigenvalue weighted by Crippen LogP contribution is -2.40. The first kappa shape index (κ1) is 21.9. The van der Waals surface area contributed by atoms with E-state index >= 15 is 0 Å². The third kappa shape index (κ3) is 4.85. The fourth-order valence-electron chi connectivity index (χ4n) is 3.64. The first-order chi connectivity index (χ1) is 14.4. The maximum absolute atomic E-state index is 12.9. The number of nitrogens with one attached hydrogen (secondary N) is 1. The molecule has 160 valence electrons. The van der Waals surface area contributed by atoms with Gasteiger partial charge in [0.2, 0.25) is 0 Å². The van der Waals surface area contributed by atoms with Gasteiger partial charge in [-0.2, -0.15) is 0 Å². The lowest BCUT2D eigenvalue weighted by atomic mass is 10.1. The zero-order valence-corrected chi connectivity index (χ0v) is 17.8. The number of nitrogens with zero attached hydrogens (tertiary/aromatic N) is 2. The van der Waals surface area contributed by atoms with E-state index in [1.807, 2.05) is 0 Å². The van der Waals surface area contributed by atoms with Crippen LogP contribution in [-0.4, -0.2) is 52.7 Å². The van der Waals surface area contributed by atoms with Gasteiger partial charge in [-0.15, -0.1) is 0 Å². The van der Waals surface area contributed by atoms with Gasteiger partial charge in [0.05, 0.1) is 22.8 Å². The van der Waals surface area contributed by atoms with Crippen LogP contribution in [0.25, 0.3) is 0 Å². The van der Waals surface area contributed by atoms with Gasteiger partial charge in [0, 0.05) is 29.1 Å². The Morgan fingerprint density at radius 2 is 2.03 bits per heavy atom. The number of amides is 1. The maximum Gasteiger partial charge on any atom is 0.286 e. The summed E-state index contributed by atoms with van der Waals surface area (Å²) in [5.74, 6) is 0.226. The van der Waals surface area contributed by atoms with Crippen LogP contribution in [0.3, 0.4) is 0 Å². The quantitative estimate of drug-likeness (QED) is 0.509. The number of carbonyl (C=O) groups excluding carboxylic acids is 1. The molecule has 1 amide bonds. The van der Waals surface area contributed by atoms with Crippen LogP contribution < -0.4 is 10.1 Å². The van der Waals surface area contributed by atoms with Gasteiger partial charge >= 0.3 is 0 Å². The molecule has 8 nitrogen and oxygen atoms in total. The summed E-state index contributed by atoms with van der Waals surface area (Å²) in [6, 6.07) is 10.8. The monoisotopic (exact) mass is 431 g/mol. The molecule has 1 heterocycles. The number of carbonyl (C=O) groups is 1. The number of likely N-dealkylation sites (N-methyl/N-ethyl adjacent to an activating group) is 1. The minimum Gasteiger partial charge on any atom is -0.497 e. The number of methoxy groups -OCH3 is 1. The van der Waals surface area contributed by atoms with Crippen LogP contribution in [-0.2, 0) is 10.8 Å². The van der Waals surface area contributed by atoms with Gasteiger partial charge < -0.3 is 10.1 Å². The molecule has 0 spiro atoms. The zero-order chi connectivity index (χ0) is 21.7. The molecule has 0 aliphatic carbocycles. The van der Waals surface area contributed by atoms with Crippen molar-refractivity contribution in [1.29, 1.82) is 0 Å². The van der Waals surface area contributed by atoms with Crippen molar-refractivity contribution in [3.8, 4) is 5.75 Å². The van der Waals surface area contributed by atoms with Crippen LogP contribution in [0.4, 0.5) is 5.69 Å². The second kappa shape index (κ2) is 9.82. The van der Waals surface area contributed by atoms with E-state index in [0.717, 1.165) is 25.9 Å². The Kier molecular flexibility index (Phi) is 7.17. The van der Waals surface area contributed by atoms with Crippen molar-refractivity contribution in [2.45, 2.75) is 35.6 Å². The summed E-state index contributed by atoms with van der Waals surface area (Å²) >= 11 is 0. The molecule has 1 fully saturated rings. The molecule has 2 aromatic rings. The predicted octanol–water partition coefficient (Wildman–Crippen LogP) is 2.98. The van der Waals surface area contributed by atoms with Crippen molar-refractivity contribution in [2.24, 2.45) is 0 Å². The second-order valence-electron chi connectivity index (χ2n) is 7.02. The highest BCUT2D eigenvalue weighted by Crippen LogP contribution is 2.28. The SMILES string of the molecule is CCN1CCCC1CNC(=O)c1ccc(S(=O)c2ccc(OC)cc2)c([N+](=O)[O-])c1. The molecule has 1 N–H and O–H groups in total. The fraction of sp³-hybridized carbons (Fsp3) is 0.381. The molecular weight excluding hydrogens is 406 g/mol. The standard InChI is InChI=1S/C21H25N3O5S/c1-3-23-12-4-5-16(23)14-22-21(25)15-6-11-20(19(13-15)24(26)27)30(28)18-9-7-17(29-2)8-10-18/h6-11,13,16H,3-5,12,14H2,1-2H3,(H,22,25). The van der Waals surface area contributed by atoms with E-state index in [9.17, 15) is 19.1 Å². The molecule has 3 rings (SSSR count). The molecule has 0 bridgehead atoms. The molecule has 9 heteroatoms. The van der Waals surface area contributed by atoms with Crippen molar-refractivity contribution in [3.05, 3.63) is 58.1 Å². The molecule has 0 saturated carbocycles. The highest BCUT2D eigenvalue weighted by molar-refractivity contribution is 7.85. The van der Waals surface area contributed by atoms with Gasteiger partial charge in [0.1, 0.15) is 10.6 Å². The van der Waals surface area contributed by atoms with E-state index in [0.29, 0.717) is 17.2 Å². The Balaban J connectivity index is 1.78. The Bertz CT molecular complexity index is 948. The number of hydrogen-bond donors (Lipinski definition) is 1. The summed E-state index contributed by atoms with van der Waals surface area (Å²) < 4.78 is 18.0. The average Bonchev–Trinajstić information content (AvgIpc) is 3.24. The summed E-state index contributed by atoms with van der Waals surface area (Å²) in [6.07, 6.45) is 2.12. The van der Waals surface area contributed by atoms with Crippen LogP contribution in [0, 0.1) is 10.1 Å². The molecule has 1 aliphatic heterocycles.